The maximum Gasteiger partial charge on any atom is 0.123 e. The van der Waals surface area contributed by atoms with Crippen LogP contribution in [0.25, 0.3) is 0 Å². The van der Waals surface area contributed by atoms with E-state index in [1.54, 1.807) is 31.8 Å². The number of hydrogen-bond acceptors (Lipinski definition) is 2. The van der Waals surface area contributed by atoms with Gasteiger partial charge in [0.05, 0.1) is 19.5 Å². The first kappa shape index (κ1) is 14.3. The molecule has 3 rings (SSSR count). The van der Waals surface area contributed by atoms with E-state index < -0.39 is 0 Å². The fourth-order valence-electron chi connectivity index (χ4n) is 2.56. The second-order valence-corrected chi connectivity index (χ2v) is 5.13. The molecule has 0 spiro atoms. The van der Waals surface area contributed by atoms with Crippen LogP contribution in [0, 0.1) is 5.82 Å². The van der Waals surface area contributed by atoms with Gasteiger partial charge in [0.1, 0.15) is 11.6 Å². The number of hydrogen-bond donors (Lipinski definition) is 0. The zero-order valence-corrected chi connectivity index (χ0v) is 12.3. The summed E-state index contributed by atoms with van der Waals surface area (Å²) >= 11 is 0. The highest BCUT2D eigenvalue weighted by Gasteiger charge is 2.14. The molecule has 112 valence electrons. The molecule has 0 fully saturated rings. The van der Waals surface area contributed by atoms with Crippen LogP contribution >= 0.6 is 0 Å². The van der Waals surface area contributed by atoms with E-state index in [2.05, 4.69) is 4.98 Å². The van der Waals surface area contributed by atoms with Crippen molar-refractivity contribution in [1.82, 2.24) is 9.55 Å². The summed E-state index contributed by atoms with van der Waals surface area (Å²) in [6.07, 6.45) is 6.16. The highest BCUT2D eigenvalue weighted by atomic mass is 19.1. The average Bonchev–Trinajstić information content (AvgIpc) is 3.07. The first-order valence-electron chi connectivity index (χ1n) is 7.12. The largest absolute Gasteiger partial charge is 0.497 e. The highest BCUT2D eigenvalue weighted by Crippen LogP contribution is 2.25. The molecular weight excluding hydrogens is 279 g/mol. The van der Waals surface area contributed by atoms with E-state index in [9.17, 15) is 4.39 Å². The number of methoxy groups -OCH3 is 1. The maximum atomic E-state index is 13.4. The Hall–Kier alpha value is -2.62. The molecule has 0 aliphatic carbocycles. The Morgan fingerprint density at radius 1 is 1.18 bits per heavy atom. The lowest BCUT2D eigenvalue weighted by molar-refractivity contribution is 0.414. The predicted molar refractivity (Wildman–Crippen MR) is 83.5 cm³/mol. The fraction of sp³-hybridized carbons (Fsp3) is 0.167. The summed E-state index contributed by atoms with van der Waals surface area (Å²) in [5.41, 5.74) is 2.08. The average molecular weight is 296 g/mol. The van der Waals surface area contributed by atoms with Crippen molar-refractivity contribution in [2.45, 2.75) is 12.5 Å². The molecule has 4 heteroatoms. The van der Waals surface area contributed by atoms with E-state index in [1.165, 1.54) is 6.07 Å². The molecule has 0 saturated heterocycles. The van der Waals surface area contributed by atoms with Gasteiger partial charge in [0, 0.05) is 12.4 Å². The van der Waals surface area contributed by atoms with E-state index in [0.717, 1.165) is 16.9 Å². The number of nitrogens with zero attached hydrogens (tertiary/aromatic N) is 2. The Balaban J connectivity index is 1.93. The van der Waals surface area contributed by atoms with E-state index >= 15 is 0 Å². The van der Waals surface area contributed by atoms with Crippen LogP contribution in [0.1, 0.15) is 17.2 Å². The summed E-state index contributed by atoms with van der Waals surface area (Å²) in [6, 6.07) is 14.7. The molecular formula is C18H17FN2O. The molecule has 0 saturated carbocycles. The lowest BCUT2D eigenvalue weighted by atomic mass is 9.98. The van der Waals surface area contributed by atoms with Gasteiger partial charge in [-0.1, -0.05) is 24.3 Å². The monoisotopic (exact) mass is 296 g/mol. The van der Waals surface area contributed by atoms with E-state index in [1.807, 2.05) is 41.1 Å². The van der Waals surface area contributed by atoms with Crippen LogP contribution in [0.5, 0.6) is 5.75 Å². The van der Waals surface area contributed by atoms with E-state index in [4.69, 9.17) is 4.74 Å². The molecule has 0 bridgehead atoms. The van der Waals surface area contributed by atoms with Gasteiger partial charge in [-0.3, -0.25) is 0 Å². The summed E-state index contributed by atoms with van der Waals surface area (Å²) in [5.74, 6) is 0.607. The lowest BCUT2D eigenvalue weighted by Crippen LogP contribution is -2.12. The lowest BCUT2D eigenvalue weighted by Gasteiger charge is -2.19. The molecule has 0 N–H and O–H groups in total. The van der Waals surface area contributed by atoms with Crippen molar-refractivity contribution in [3.8, 4) is 5.75 Å². The second-order valence-electron chi connectivity index (χ2n) is 5.13. The molecule has 1 aromatic heterocycles. The van der Waals surface area contributed by atoms with E-state index in [0.29, 0.717) is 6.42 Å². The summed E-state index contributed by atoms with van der Waals surface area (Å²) in [7, 11) is 1.65. The van der Waals surface area contributed by atoms with Crippen LogP contribution in [0.15, 0.2) is 67.3 Å². The van der Waals surface area contributed by atoms with Crippen LogP contribution in [0.3, 0.4) is 0 Å². The third-order valence-corrected chi connectivity index (χ3v) is 3.70. The summed E-state index contributed by atoms with van der Waals surface area (Å²) in [5, 5.41) is 0. The number of ether oxygens (including phenoxy) is 1. The van der Waals surface area contributed by atoms with Crippen LogP contribution in [-0.4, -0.2) is 16.7 Å². The zero-order chi connectivity index (χ0) is 15.4. The van der Waals surface area contributed by atoms with Gasteiger partial charge < -0.3 is 9.30 Å². The van der Waals surface area contributed by atoms with Crippen molar-refractivity contribution in [3.63, 3.8) is 0 Å². The smallest absolute Gasteiger partial charge is 0.123 e. The number of halogens is 1. The van der Waals surface area contributed by atoms with E-state index in [-0.39, 0.29) is 11.9 Å². The second kappa shape index (κ2) is 6.43. The topological polar surface area (TPSA) is 27.1 Å². The zero-order valence-electron chi connectivity index (χ0n) is 12.3. The SMILES string of the molecule is COc1ccc([C@H](Cc2cccc(F)c2)n2ccnc2)cc1. The molecule has 0 aliphatic heterocycles. The predicted octanol–water partition coefficient (Wildman–Crippen LogP) is 3.86. The van der Waals surface area contributed by atoms with Crippen LogP contribution in [0.4, 0.5) is 4.39 Å². The Bertz CT molecular complexity index is 723. The standard InChI is InChI=1S/C18H17FN2O/c1-22-17-7-5-15(6-8-17)18(21-10-9-20-13-21)12-14-3-2-4-16(19)11-14/h2-11,13,18H,12H2,1H3/t18-/m0/s1. The quantitative estimate of drug-likeness (QED) is 0.715. The third-order valence-electron chi connectivity index (χ3n) is 3.70. The Morgan fingerprint density at radius 3 is 2.64 bits per heavy atom. The summed E-state index contributed by atoms with van der Waals surface area (Å²) in [4.78, 5) is 4.13. The highest BCUT2D eigenvalue weighted by molar-refractivity contribution is 5.31. The molecule has 2 aromatic carbocycles. The van der Waals surface area contributed by atoms with Gasteiger partial charge in [-0.25, -0.2) is 9.37 Å². The number of imidazole rings is 1. The van der Waals surface area contributed by atoms with Gasteiger partial charge in [0.25, 0.3) is 0 Å². The Kier molecular flexibility index (Phi) is 4.19. The molecule has 0 amide bonds. The van der Waals surface area contributed by atoms with Gasteiger partial charge in [-0.15, -0.1) is 0 Å². The minimum absolute atomic E-state index is 0.0650. The Labute approximate surface area is 129 Å². The van der Waals surface area contributed by atoms with Gasteiger partial charge in [0.2, 0.25) is 0 Å². The molecule has 3 nitrogen and oxygen atoms in total. The minimum Gasteiger partial charge on any atom is -0.497 e. The van der Waals surface area contributed by atoms with Gasteiger partial charge in [-0.2, -0.15) is 0 Å². The molecule has 22 heavy (non-hydrogen) atoms. The maximum absolute atomic E-state index is 13.4. The van der Waals surface area contributed by atoms with Crippen molar-refractivity contribution in [2.24, 2.45) is 0 Å². The Morgan fingerprint density at radius 2 is 2.00 bits per heavy atom. The molecule has 0 unspecified atom stereocenters. The number of rotatable bonds is 5. The first-order valence-corrected chi connectivity index (χ1v) is 7.12. The van der Waals surface area contributed by atoms with Crippen LogP contribution < -0.4 is 4.74 Å². The normalized spacial score (nSPS) is 12.1. The van der Waals surface area contributed by atoms with Crippen LogP contribution in [-0.2, 0) is 6.42 Å². The van der Waals surface area contributed by atoms with Gasteiger partial charge >= 0.3 is 0 Å². The molecule has 0 aliphatic rings. The number of aromatic nitrogens is 2. The molecule has 3 aromatic rings. The summed E-state index contributed by atoms with van der Waals surface area (Å²) in [6.45, 7) is 0. The first-order chi connectivity index (χ1) is 10.8. The van der Waals surface area contributed by atoms with Crippen molar-refractivity contribution in [3.05, 3.63) is 84.2 Å². The third kappa shape index (κ3) is 3.17. The van der Waals surface area contributed by atoms with Gasteiger partial charge in [-0.05, 0) is 41.8 Å². The summed E-state index contributed by atoms with van der Waals surface area (Å²) < 4.78 is 20.7. The number of benzene rings is 2. The molecule has 1 atom stereocenters. The van der Waals surface area contributed by atoms with Crippen molar-refractivity contribution in [1.29, 1.82) is 0 Å². The van der Waals surface area contributed by atoms with Crippen molar-refractivity contribution >= 4 is 0 Å². The van der Waals surface area contributed by atoms with Crippen molar-refractivity contribution < 1.29 is 9.13 Å². The fourth-order valence-corrected chi connectivity index (χ4v) is 2.56. The molecule has 0 radical (unpaired) electrons. The van der Waals surface area contributed by atoms with Crippen LogP contribution in [0.2, 0.25) is 0 Å². The van der Waals surface area contributed by atoms with Crippen molar-refractivity contribution in [2.75, 3.05) is 7.11 Å². The minimum atomic E-state index is -0.211. The molecule has 1 heterocycles. The van der Waals surface area contributed by atoms with Gasteiger partial charge in [0.15, 0.2) is 0 Å².